The number of carbonyl (C=O) groups is 1. The van der Waals surface area contributed by atoms with Gasteiger partial charge in [0.15, 0.2) is 0 Å². The summed E-state index contributed by atoms with van der Waals surface area (Å²) >= 11 is 0. The van der Waals surface area contributed by atoms with Gasteiger partial charge in [-0.25, -0.2) is 13.2 Å². The SMILES string of the molecule is CCOc1ccc(S(=O)(=O)N(Cc2ccccc2)Cc2ccc(C(=O)O)cc2)cc1. The van der Waals surface area contributed by atoms with Crippen molar-refractivity contribution >= 4 is 16.0 Å². The van der Waals surface area contributed by atoms with E-state index in [4.69, 9.17) is 9.84 Å². The van der Waals surface area contributed by atoms with E-state index in [1.54, 1.807) is 24.3 Å². The predicted molar refractivity (Wildman–Crippen MR) is 114 cm³/mol. The van der Waals surface area contributed by atoms with Crippen molar-refractivity contribution in [2.24, 2.45) is 0 Å². The van der Waals surface area contributed by atoms with Crippen molar-refractivity contribution in [2.45, 2.75) is 24.9 Å². The van der Waals surface area contributed by atoms with Gasteiger partial charge >= 0.3 is 5.97 Å². The molecule has 0 spiro atoms. The van der Waals surface area contributed by atoms with Gasteiger partial charge in [0.2, 0.25) is 10.0 Å². The first-order valence-electron chi connectivity index (χ1n) is 9.49. The van der Waals surface area contributed by atoms with Crippen LogP contribution >= 0.6 is 0 Å². The Morgan fingerprint density at radius 2 is 1.43 bits per heavy atom. The first kappa shape index (κ1) is 21.5. The molecule has 3 aromatic rings. The molecule has 3 rings (SSSR count). The Bertz CT molecular complexity index is 1080. The van der Waals surface area contributed by atoms with Crippen LogP contribution < -0.4 is 4.74 Å². The normalized spacial score (nSPS) is 11.4. The van der Waals surface area contributed by atoms with E-state index in [-0.39, 0.29) is 23.5 Å². The van der Waals surface area contributed by atoms with Gasteiger partial charge in [-0.2, -0.15) is 4.31 Å². The monoisotopic (exact) mass is 425 g/mol. The van der Waals surface area contributed by atoms with Gasteiger partial charge < -0.3 is 9.84 Å². The van der Waals surface area contributed by atoms with Crippen LogP contribution in [0.5, 0.6) is 5.75 Å². The van der Waals surface area contributed by atoms with Crippen molar-refractivity contribution in [3.8, 4) is 5.75 Å². The number of hydrogen-bond acceptors (Lipinski definition) is 4. The number of ether oxygens (including phenoxy) is 1. The second-order valence-electron chi connectivity index (χ2n) is 6.67. The van der Waals surface area contributed by atoms with Crippen LogP contribution in [0.25, 0.3) is 0 Å². The maximum Gasteiger partial charge on any atom is 0.335 e. The first-order chi connectivity index (χ1) is 14.4. The van der Waals surface area contributed by atoms with Gasteiger partial charge in [0.1, 0.15) is 5.75 Å². The van der Waals surface area contributed by atoms with Gasteiger partial charge in [-0.05, 0) is 54.4 Å². The fraction of sp³-hybridized carbons (Fsp3) is 0.174. The van der Waals surface area contributed by atoms with Gasteiger partial charge in [-0.15, -0.1) is 0 Å². The zero-order valence-electron chi connectivity index (χ0n) is 16.6. The average Bonchev–Trinajstić information content (AvgIpc) is 2.75. The van der Waals surface area contributed by atoms with E-state index < -0.39 is 16.0 Å². The molecular formula is C23H23NO5S. The highest BCUT2D eigenvalue weighted by Gasteiger charge is 2.25. The molecule has 1 N–H and O–H groups in total. The highest BCUT2D eigenvalue weighted by atomic mass is 32.2. The van der Waals surface area contributed by atoms with Crippen LogP contribution in [0.4, 0.5) is 0 Å². The molecule has 0 saturated carbocycles. The van der Waals surface area contributed by atoms with Gasteiger partial charge in [0.05, 0.1) is 17.1 Å². The molecule has 0 amide bonds. The summed E-state index contributed by atoms with van der Waals surface area (Å²) in [5.41, 5.74) is 1.71. The molecule has 0 radical (unpaired) electrons. The zero-order valence-corrected chi connectivity index (χ0v) is 17.4. The Labute approximate surface area is 176 Å². The lowest BCUT2D eigenvalue weighted by atomic mass is 10.1. The number of rotatable bonds is 9. The molecule has 3 aromatic carbocycles. The molecule has 30 heavy (non-hydrogen) atoms. The largest absolute Gasteiger partial charge is 0.494 e. The summed E-state index contributed by atoms with van der Waals surface area (Å²) in [6, 6.07) is 21.9. The molecule has 0 unspecified atom stereocenters. The maximum absolute atomic E-state index is 13.4. The molecule has 0 bridgehead atoms. The molecule has 0 saturated heterocycles. The third-order valence-electron chi connectivity index (χ3n) is 4.53. The van der Waals surface area contributed by atoms with Crippen LogP contribution in [-0.4, -0.2) is 30.4 Å². The van der Waals surface area contributed by atoms with Crippen LogP contribution in [0, 0.1) is 0 Å². The van der Waals surface area contributed by atoms with Crippen molar-refractivity contribution in [2.75, 3.05) is 6.61 Å². The minimum absolute atomic E-state index is 0.115. The Morgan fingerprint density at radius 1 is 0.867 bits per heavy atom. The van der Waals surface area contributed by atoms with Crippen molar-refractivity contribution in [3.63, 3.8) is 0 Å². The summed E-state index contributed by atoms with van der Waals surface area (Å²) in [7, 11) is -3.79. The Balaban J connectivity index is 1.92. The van der Waals surface area contributed by atoms with E-state index in [2.05, 4.69) is 0 Å². The molecule has 156 valence electrons. The minimum atomic E-state index is -3.79. The van der Waals surface area contributed by atoms with Crippen molar-refractivity contribution in [1.29, 1.82) is 0 Å². The number of aromatic carboxylic acids is 1. The highest BCUT2D eigenvalue weighted by Crippen LogP contribution is 2.23. The Morgan fingerprint density at radius 3 is 1.97 bits per heavy atom. The number of carboxylic acid groups (broad SMARTS) is 1. The average molecular weight is 426 g/mol. The van der Waals surface area contributed by atoms with Crippen LogP contribution in [0.15, 0.2) is 83.8 Å². The lowest BCUT2D eigenvalue weighted by molar-refractivity contribution is 0.0697. The molecule has 0 aliphatic rings. The smallest absolute Gasteiger partial charge is 0.335 e. The van der Waals surface area contributed by atoms with Crippen molar-refractivity contribution < 1.29 is 23.1 Å². The van der Waals surface area contributed by atoms with Gasteiger partial charge in [0.25, 0.3) is 0 Å². The van der Waals surface area contributed by atoms with Crippen molar-refractivity contribution in [1.82, 2.24) is 4.31 Å². The van der Waals surface area contributed by atoms with E-state index in [1.807, 2.05) is 37.3 Å². The van der Waals surface area contributed by atoms with E-state index in [9.17, 15) is 13.2 Å². The summed E-state index contributed by atoms with van der Waals surface area (Å²) in [5.74, 6) is -0.417. The number of hydrogen-bond donors (Lipinski definition) is 1. The van der Waals surface area contributed by atoms with Gasteiger partial charge in [-0.3, -0.25) is 0 Å². The second kappa shape index (κ2) is 9.56. The number of nitrogens with zero attached hydrogens (tertiary/aromatic N) is 1. The molecule has 0 aromatic heterocycles. The zero-order chi connectivity index (χ0) is 21.6. The van der Waals surface area contributed by atoms with E-state index in [0.717, 1.165) is 5.56 Å². The third-order valence-corrected chi connectivity index (χ3v) is 6.34. The van der Waals surface area contributed by atoms with Crippen LogP contribution in [0.2, 0.25) is 0 Å². The Hall–Kier alpha value is -3.16. The predicted octanol–water partition coefficient (Wildman–Crippen LogP) is 4.17. The molecule has 7 heteroatoms. The lowest BCUT2D eigenvalue weighted by Crippen LogP contribution is -2.30. The van der Waals surface area contributed by atoms with Gasteiger partial charge in [-0.1, -0.05) is 42.5 Å². The molecular weight excluding hydrogens is 402 g/mol. The lowest BCUT2D eigenvalue weighted by Gasteiger charge is -2.23. The first-order valence-corrected chi connectivity index (χ1v) is 10.9. The molecule has 0 atom stereocenters. The topological polar surface area (TPSA) is 83.9 Å². The fourth-order valence-electron chi connectivity index (χ4n) is 2.99. The number of carboxylic acids is 1. The summed E-state index contributed by atoms with van der Waals surface area (Å²) in [6.07, 6.45) is 0. The highest BCUT2D eigenvalue weighted by molar-refractivity contribution is 7.89. The van der Waals surface area contributed by atoms with E-state index in [0.29, 0.717) is 17.9 Å². The Kier molecular flexibility index (Phi) is 6.87. The summed E-state index contributed by atoms with van der Waals surface area (Å²) in [5, 5.41) is 9.07. The van der Waals surface area contributed by atoms with Crippen molar-refractivity contribution in [3.05, 3.63) is 95.6 Å². The number of benzene rings is 3. The third kappa shape index (κ3) is 5.25. The molecule has 6 nitrogen and oxygen atoms in total. The molecule has 0 aliphatic heterocycles. The van der Waals surface area contributed by atoms with Gasteiger partial charge in [0, 0.05) is 13.1 Å². The summed E-state index contributed by atoms with van der Waals surface area (Å²) < 4.78 is 33.5. The van der Waals surface area contributed by atoms with Crippen LogP contribution in [0.3, 0.4) is 0 Å². The maximum atomic E-state index is 13.4. The molecule has 0 fully saturated rings. The summed E-state index contributed by atoms with van der Waals surface area (Å²) in [6.45, 7) is 2.67. The molecule has 0 aliphatic carbocycles. The number of sulfonamides is 1. The van der Waals surface area contributed by atoms with E-state index in [1.165, 1.54) is 28.6 Å². The van der Waals surface area contributed by atoms with Crippen LogP contribution in [0.1, 0.15) is 28.4 Å². The quantitative estimate of drug-likeness (QED) is 0.556. The summed E-state index contributed by atoms with van der Waals surface area (Å²) in [4.78, 5) is 11.2. The van der Waals surface area contributed by atoms with E-state index >= 15 is 0 Å². The minimum Gasteiger partial charge on any atom is -0.494 e. The van der Waals surface area contributed by atoms with Crippen LogP contribution in [-0.2, 0) is 23.1 Å². The second-order valence-corrected chi connectivity index (χ2v) is 8.60. The molecule has 0 heterocycles. The standard InChI is InChI=1S/C23H23NO5S/c1-2-29-21-12-14-22(15-13-21)30(27,28)24(16-18-6-4-3-5-7-18)17-19-8-10-20(11-9-19)23(25)26/h3-15H,2,16-17H2,1H3,(H,25,26). The fourth-order valence-corrected chi connectivity index (χ4v) is 4.41.